The van der Waals surface area contributed by atoms with Crippen LogP contribution >= 0.6 is 0 Å². The minimum Gasteiger partial charge on any atom is -0.497 e. The lowest BCUT2D eigenvalue weighted by Crippen LogP contribution is -2.28. The number of rotatable bonds is 4. The Hall–Kier alpha value is -3.22. The van der Waals surface area contributed by atoms with Crippen LogP contribution in [0.4, 0.5) is 11.9 Å². The van der Waals surface area contributed by atoms with Gasteiger partial charge in [0.05, 0.1) is 26.3 Å². The second-order valence-electron chi connectivity index (χ2n) is 6.24. The number of aromatic nitrogens is 3. The Morgan fingerprint density at radius 3 is 2.38 bits per heavy atom. The number of nitrogen functional groups attached to an aromatic ring is 1. The molecule has 0 radical (unpaired) electrons. The lowest BCUT2D eigenvalue weighted by Gasteiger charge is -2.32. The highest BCUT2D eigenvalue weighted by atomic mass is 16.5. The first-order valence-corrected chi connectivity index (χ1v) is 8.44. The van der Waals surface area contributed by atoms with E-state index >= 15 is 0 Å². The van der Waals surface area contributed by atoms with Gasteiger partial charge in [-0.25, -0.2) is 4.68 Å². The summed E-state index contributed by atoms with van der Waals surface area (Å²) in [5, 5.41) is 7.82. The van der Waals surface area contributed by atoms with Crippen molar-refractivity contribution in [3.8, 4) is 11.5 Å². The summed E-state index contributed by atoms with van der Waals surface area (Å²) in [7, 11) is 3.34. The minimum atomic E-state index is 0.00218. The van der Waals surface area contributed by atoms with E-state index < -0.39 is 0 Å². The first-order valence-electron chi connectivity index (χ1n) is 8.44. The standard InChI is InChI=1S/C19H21N5O2/c1-25-14-7-3-5-12(9-14)16-11-17(13-6-4-8-15(10-13)26-2)24-19(21-16)22-18(20)23-24/h3-10,16-17H,11H2,1-2H3,(H3,20,21,22,23)/t16-,17+/m1/s1. The molecule has 0 saturated heterocycles. The van der Waals surface area contributed by atoms with E-state index in [0.29, 0.717) is 5.95 Å². The number of benzene rings is 2. The molecule has 2 aromatic carbocycles. The van der Waals surface area contributed by atoms with Gasteiger partial charge >= 0.3 is 0 Å². The fraction of sp³-hybridized carbons (Fsp3) is 0.263. The predicted octanol–water partition coefficient (Wildman–Crippen LogP) is 3.02. The van der Waals surface area contributed by atoms with Crippen molar-refractivity contribution in [2.24, 2.45) is 0 Å². The molecule has 26 heavy (non-hydrogen) atoms. The van der Waals surface area contributed by atoms with E-state index in [0.717, 1.165) is 29.0 Å². The average Bonchev–Trinajstić information content (AvgIpc) is 3.07. The first-order chi connectivity index (χ1) is 12.7. The van der Waals surface area contributed by atoms with Crippen LogP contribution in [0.25, 0.3) is 0 Å². The van der Waals surface area contributed by atoms with Crippen LogP contribution in [0.2, 0.25) is 0 Å². The summed E-state index contributed by atoms with van der Waals surface area (Å²) in [6.07, 6.45) is 0.802. The molecule has 1 aliphatic heterocycles. The van der Waals surface area contributed by atoms with Gasteiger partial charge in [-0.15, -0.1) is 5.10 Å². The Morgan fingerprint density at radius 1 is 1.04 bits per heavy atom. The zero-order valence-electron chi connectivity index (χ0n) is 14.7. The molecule has 0 bridgehead atoms. The number of nitrogens with one attached hydrogen (secondary N) is 1. The van der Waals surface area contributed by atoms with Crippen molar-refractivity contribution in [3.05, 3.63) is 59.7 Å². The molecule has 1 aliphatic rings. The summed E-state index contributed by atoms with van der Waals surface area (Å²) in [6, 6.07) is 16.1. The molecule has 0 amide bonds. The predicted molar refractivity (Wildman–Crippen MR) is 99.5 cm³/mol. The molecule has 0 saturated carbocycles. The summed E-state index contributed by atoms with van der Waals surface area (Å²) in [6.45, 7) is 0. The van der Waals surface area contributed by atoms with E-state index in [-0.39, 0.29) is 18.0 Å². The van der Waals surface area contributed by atoms with Gasteiger partial charge in [-0.3, -0.25) is 0 Å². The van der Waals surface area contributed by atoms with Crippen LogP contribution in [-0.4, -0.2) is 29.0 Å². The monoisotopic (exact) mass is 351 g/mol. The van der Waals surface area contributed by atoms with E-state index in [1.54, 1.807) is 14.2 Å². The summed E-state index contributed by atoms with van der Waals surface area (Å²) >= 11 is 0. The molecule has 3 aromatic rings. The van der Waals surface area contributed by atoms with Crippen molar-refractivity contribution in [1.29, 1.82) is 0 Å². The molecule has 2 heterocycles. The molecule has 0 unspecified atom stereocenters. The van der Waals surface area contributed by atoms with Crippen molar-refractivity contribution in [2.75, 3.05) is 25.3 Å². The highest BCUT2D eigenvalue weighted by Crippen LogP contribution is 2.39. The van der Waals surface area contributed by atoms with Crippen LogP contribution in [0.5, 0.6) is 11.5 Å². The Morgan fingerprint density at radius 2 is 1.69 bits per heavy atom. The van der Waals surface area contributed by atoms with Gasteiger partial charge in [-0.05, 0) is 41.8 Å². The maximum absolute atomic E-state index is 5.86. The molecule has 1 aromatic heterocycles. The number of ether oxygens (including phenoxy) is 2. The molecule has 0 aliphatic carbocycles. The van der Waals surface area contributed by atoms with Gasteiger partial charge in [-0.1, -0.05) is 24.3 Å². The van der Waals surface area contributed by atoms with Crippen LogP contribution in [-0.2, 0) is 0 Å². The van der Waals surface area contributed by atoms with Gasteiger partial charge in [0.2, 0.25) is 11.9 Å². The number of nitrogens with two attached hydrogens (primary N) is 1. The quantitative estimate of drug-likeness (QED) is 0.751. The number of hydrogen-bond donors (Lipinski definition) is 2. The lowest BCUT2D eigenvalue weighted by molar-refractivity contribution is 0.404. The molecule has 2 atom stereocenters. The zero-order valence-corrected chi connectivity index (χ0v) is 14.7. The third kappa shape index (κ3) is 2.92. The van der Waals surface area contributed by atoms with Crippen molar-refractivity contribution in [1.82, 2.24) is 14.8 Å². The van der Waals surface area contributed by atoms with E-state index in [4.69, 9.17) is 15.2 Å². The Balaban J connectivity index is 1.75. The number of hydrogen-bond acceptors (Lipinski definition) is 6. The van der Waals surface area contributed by atoms with Crippen LogP contribution in [0.15, 0.2) is 48.5 Å². The molecule has 7 nitrogen and oxygen atoms in total. The molecule has 134 valence electrons. The normalized spacial score (nSPS) is 18.7. The van der Waals surface area contributed by atoms with Gasteiger partial charge in [0, 0.05) is 0 Å². The molecule has 4 rings (SSSR count). The maximum atomic E-state index is 5.86. The molecule has 0 spiro atoms. The van der Waals surface area contributed by atoms with E-state index in [9.17, 15) is 0 Å². The Labute approximate surface area is 151 Å². The summed E-state index contributed by atoms with van der Waals surface area (Å²) in [5.41, 5.74) is 8.09. The Kier molecular flexibility index (Phi) is 4.12. The van der Waals surface area contributed by atoms with Crippen molar-refractivity contribution < 1.29 is 9.47 Å². The zero-order chi connectivity index (χ0) is 18.1. The van der Waals surface area contributed by atoms with Gasteiger partial charge in [0.15, 0.2) is 0 Å². The molecular weight excluding hydrogens is 330 g/mol. The van der Waals surface area contributed by atoms with Gasteiger partial charge in [0.1, 0.15) is 11.5 Å². The lowest BCUT2D eigenvalue weighted by atomic mass is 9.93. The van der Waals surface area contributed by atoms with E-state index in [1.165, 1.54) is 0 Å². The van der Waals surface area contributed by atoms with Crippen LogP contribution in [0.3, 0.4) is 0 Å². The first kappa shape index (κ1) is 16.3. The van der Waals surface area contributed by atoms with Gasteiger partial charge < -0.3 is 20.5 Å². The third-order valence-electron chi connectivity index (χ3n) is 4.68. The number of anilines is 2. The summed E-state index contributed by atoms with van der Waals surface area (Å²) in [4.78, 5) is 4.34. The number of fused-ring (bicyclic) bond motifs is 1. The minimum absolute atomic E-state index is 0.00218. The molecular formula is C19H21N5O2. The average molecular weight is 351 g/mol. The van der Waals surface area contributed by atoms with Crippen LogP contribution in [0.1, 0.15) is 29.6 Å². The second-order valence-corrected chi connectivity index (χ2v) is 6.24. The van der Waals surface area contributed by atoms with Crippen LogP contribution < -0.4 is 20.5 Å². The fourth-order valence-electron chi connectivity index (χ4n) is 3.40. The smallest absolute Gasteiger partial charge is 0.241 e. The molecule has 3 N–H and O–H groups in total. The van der Waals surface area contributed by atoms with Crippen molar-refractivity contribution in [2.45, 2.75) is 18.5 Å². The Bertz CT molecular complexity index is 924. The maximum Gasteiger partial charge on any atom is 0.241 e. The van der Waals surface area contributed by atoms with Gasteiger partial charge in [0.25, 0.3) is 0 Å². The largest absolute Gasteiger partial charge is 0.497 e. The highest BCUT2D eigenvalue weighted by molar-refractivity contribution is 5.43. The summed E-state index contributed by atoms with van der Waals surface area (Å²) < 4.78 is 12.6. The summed E-state index contributed by atoms with van der Waals surface area (Å²) in [5.74, 6) is 2.56. The molecule has 0 fully saturated rings. The van der Waals surface area contributed by atoms with Crippen molar-refractivity contribution in [3.63, 3.8) is 0 Å². The van der Waals surface area contributed by atoms with E-state index in [2.05, 4.69) is 27.5 Å². The van der Waals surface area contributed by atoms with Crippen LogP contribution in [0, 0.1) is 0 Å². The highest BCUT2D eigenvalue weighted by Gasteiger charge is 2.31. The van der Waals surface area contributed by atoms with Crippen molar-refractivity contribution >= 4 is 11.9 Å². The number of nitrogens with zero attached hydrogens (tertiary/aromatic N) is 3. The van der Waals surface area contributed by atoms with Gasteiger partial charge in [-0.2, -0.15) is 4.98 Å². The fourth-order valence-corrected chi connectivity index (χ4v) is 3.40. The third-order valence-corrected chi connectivity index (χ3v) is 4.68. The van der Waals surface area contributed by atoms with E-state index in [1.807, 2.05) is 41.1 Å². The molecule has 7 heteroatoms. The number of methoxy groups -OCH3 is 2. The second kappa shape index (κ2) is 6.59. The topological polar surface area (TPSA) is 87.2 Å². The SMILES string of the molecule is COc1cccc([C@H]2C[C@@H](c3cccc(OC)c3)n3nc(N)nc3N2)c1.